The van der Waals surface area contributed by atoms with E-state index in [9.17, 15) is 9.59 Å². The molecule has 8 nitrogen and oxygen atoms in total. The first-order valence-corrected chi connectivity index (χ1v) is 11.6. The van der Waals surface area contributed by atoms with Gasteiger partial charge in [-0.3, -0.25) is 0 Å². The van der Waals surface area contributed by atoms with Crippen LogP contribution in [0.5, 0.6) is 0 Å². The van der Waals surface area contributed by atoms with Gasteiger partial charge < -0.3 is 30.7 Å². The van der Waals surface area contributed by atoms with E-state index in [2.05, 4.69) is 13.2 Å². The topological polar surface area (TPSA) is 111 Å². The zero-order chi connectivity index (χ0) is 20.5. The van der Waals surface area contributed by atoms with Gasteiger partial charge in [-0.25, -0.2) is 9.59 Å². The van der Waals surface area contributed by atoms with Crippen molar-refractivity contribution in [3.63, 3.8) is 0 Å². The molecular weight excluding hydrogens is 400 g/mol. The highest BCUT2D eigenvalue weighted by molar-refractivity contribution is 8.77. The third kappa shape index (κ3) is 6.07. The van der Waals surface area contributed by atoms with Gasteiger partial charge in [0.25, 0.3) is 0 Å². The van der Waals surface area contributed by atoms with Crippen LogP contribution in [0.15, 0.2) is 25.3 Å². The van der Waals surface area contributed by atoms with E-state index >= 15 is 0 Å². The molecule has 0 saturated carbocycles. The largest absolute Gasteiger partial charge is 0.445 e. The molecule has 2 amide bonds. The van der Waals surface area contributed by atoms with Crippen LogP contribution in [0.3, 0.4) is 0 Å². The highest BCUT2D eigenvalue weighted by atomic mass is 33.1. The number of carbonyl (C=O) groups excluding carboxylic acids is 2. The molecule has 0 spiro atoms. The first-order chi connectivity index (χ1) is 13.5. The molecule has 2 rings (SSSR count). The van der Waals surface area contributed by atoms with Gasteiger partial charge in [-0.05, 0) is 12.8 Å². The van der Waals surface area contributed by atoms with E-state index < -0.39 is 0 Å². The summed E-state index contributed by atoms with van der Waals surface area (Å²) in [4.78, 5) is 27.8. The second kappa shape index (κ2) is 11.6. The van der Waals surface area contributed by atoms with Crippen molar-refractivity contribution in [2.75, 3.05) is 39.4 Å². The van der Waals surface area contributed by atoms with Gasteiger partial charge in [0.1, 0.15) is 13.2 Å². The van der Waals surface area contributed by atoms with E-state index in [-0.39, 0.29) is 48.0 Å². The van der Waals surface area contributed by atoms with Crippen LogP contribution in [0.1, 0.15) is 12.8 Å². The molecule has 0 aliphatic carbocycles. The van der Waals surface area contributed by atoms with Crippen LogP contribution >= 0.6 is 21.6 Å². The summed E-state index contributed by atoms with van der Waals surface area (Å²) in [5.41, 5.74) is 11.7. The average molecular weight is 431 g/mol. The number of ether oxygens (including phenoxy) is 2. The summed E-state index contributed by atoms with van der Waals surface area (Å²) < 4.78 is 10.3. The fourth-order valence-electron chi connectivity index (χ4n) is 3.36. The maximum Gasteiger partial charge on any atom is 0.410 e. The van der Waals surface area contributed by atoms with Crippen molar-refractivity contribution in [1.29, 1.82) is 0 Å². The summed E-state index contributed by atoms with van der Waals surface area (Å²) >= 11 is 0. The van der Waals surface area contributed by atoms with Crippen molar-refractivity contribution in [2.24, 2.45) is 11.5 Å². The van der Waals surface area contributed by atoms with Gasteiger partial charge in [0.05, 0.1) is 0 Å². The van der Waals surface area contributed by atoms with Crippen molar-refractivity contribution >= 4 is 33.8 Å². The number of nitrogens with zero attached hydrogens (tertiary/aromatic N) is 2. The number of carbonyl (C=O) groups is 2. The molecule has 0 radical (unpaired) electrons. The Kier molecular flexibility index (Phi) is 9.49. The summed E-state index contributed by atoms with van der Waals surface area (Å²) in [6.07, 6.45) is 4.07. The molecule has 2 heterocycles. The lowest BCUT2D eigenvalue weighted by atomic mass is 10.2. The lowest BCUT2D eigenvalue weighted by molar-refractivity contribution is 0.108. The molecule has 28 heavy (non-hydrogen) atoms. The molecule has 0 bridgehead atoms. The summed E-state index contributed by atoms with van der Waals surface area (Å²) in [7, 11) is 3.49. The van der Waals surface area contributed by atoms with Gasteiger partial charge in [0, 0.05) is 48.8 Å². The smallest absolute Gasteiger partial charge is 0.410 e. The maximum absolute atomic E-state index is 12.2. The zero-order valence-electron chi connectivity index (χ0n) is 16.0. The van der Waals surface area contributed by atoms with Gasteiger partial charge in [0.15, 0.2) is 0 Å². The molecule has 10 heteroatoms. The van der Waals surface area contributed by atoms with Gasteiger partial charge in [0.2, 0.25) is 0 Å². The molecule has 0 aromatic heterocycles. The molecule has 0 aromatic carbocycles. The third-order valence-electron chi connectivity index (χ3n) is 4.74. The Bertz CT molecular complexity index is 518. The Balaban J connectivity index is 1.83. The Morgan fingerprint density at radius 2 is 1.29 bits per heavy atom. The molecule has 4 N–H and O–H groups in total. The Morgan fingerprint density at radius 1 is 0.893 bits per heavy atom. The van der Waals surface area contributed by atoms with Gasteiger partial charge in [-0.1, -0.05) is 46.9 Å². The van der Waals surface area contributed by atoms with Crippen LogP contribution in [-0.2, 0) is 9.47 Å². The molecule has 2 fully saturated rings. The van der Waals surface area contributed by atoms with Gasteiger partial charge in [-0.2, -0.15) is 0 Å². The molecule has 158 valence electrons. The molecule has 2 aliphatic heterocycles. The van der Waals surface area contributed by atoms with E-state index in [1.807, 2.05) is 0 Å². The standard InChI is InChI=1S/C18H30N4O4S2/c1-3-5-25-17(23)21-11-15(7-13(21)9-19)27-28-16-8-14(10-20)22(12-16)18(24)26-6-4-2/h3-4,13-16H,1-2,5-12,19-20H2. The molecule has 2 aliphatic rings. The third-order valence-corrected chi connectivity index (χ3v) is 8.05. The minimum absolute atomic E-state index is 0.0128. The molecule has 2 saturated heterocycles. The number of hydrogen-bond acceptors (Lipinski definition) is 8. The predicted octanol–water partition coefficient (Wildman–Crippen LogP) is 1.82. The van der Waals surface area contributed by atoms with Gasteiger partial charge >= 0.3 is 12.2 Å². The Hall–Kier alpha value is -1.36. The minimum Gasteiger partial charge on any atom is -0.445 e. The van der Waals surface area contributed by atoms with Crippen LogP contribution < -0.4 is 11.5 Å². The van der Waals surface area contributed by atoms with Crippen molar-refractivity contribution in [1.82, 2.24) is 9.80 Å². The van der Waals surface area contributed by atoms with Crippen molar-refractivity contribution in [3.05, 3.63) is 25.3 Å². The zero-order valence-corrected chi connectivity index (χ0v) is 17.7. The SMILES string of the molecule is C=CCOC(=O)N1CC(SSC2CC(CN)N(C(=O)OCC=C)C2)CC1CN. The number of likely N-dealkylation sites (tertiary alicyclic amines) is 2. The Labute approximate surface area is 174 Å². The quantitative estimate of drug-likeness (QED) is 0.421. The lowest BCUT2D eigenvalue weighted by Crippen LogP contribution is -2.40. The van der Waals surface area contributed by atoms with E-state index in [0.717, 1.165) is 12.8 Å². The molecule has 4 unspecified atom stereocenters. The molecule has 4 atom stereocenters. The monoisotopic (exact) mass is 430 g/mol. The van der Waals surface area contributed by atoms with E-state index in [4.69, 9.17) is 20.9 Å². The minimum atomic E-state index is -0.344. The predicted molar refractivity (Wildman–Crippen MR) is 114 cm³/mol. The number of nitrogens with two attached hydrogens (primary N) is 2. The normalized spacial score (nSPS) is 26.9. The fourth-order valence-corrected chi connectivity index (χ4v) is 6.50. The first-order valence-electron chi connectivity index (χ1n) is 9.34. The van der Waals surface area contributed by atoms with Crippen LogP contribution in [0.4, 0.5) is 9.59 Å². The van der Waals surface area contributed by atoms with Crippen LogP contribution in [0.2, 0.25) is 0 Å². The van der Waals surface area contributed by atoms with E-state index in [1.54, 1.807) is 43.5 Å². The highest BCUT2D eigenvalue weighted by Crippen LogP contribution is 2.41. The average Bonchev–Trinajstić information content (AvgIpc) is 3.32. The lowest BCUT2D eigenvalue weighted by Gasteiger charge is -2.22. The number of amides is 2. The first kappa shape index (κ1) is 22.9. The summed E-state index contributed by atoms with van der Waals surface area (Å²) in [5, 5.41) is 0.542. The maximum atomic E-state index is 12.2. The van der Waals surface area contributed by atoms with Crippen LogP contribution in [0, 0.1) is 0 Å². The highest BCUT2D eigenvalue weighted by Gasteiger charge is 2.39. The van der Waals surface area contributed by atoms with Crippen molar-refractivity contribution in [2.45, 2.75) is 35.4 Å². The molecule has 0 aromatic rings. The summed E-state index contributed by atoms with van der Waals surface area (Å²) in [5.74, 6) is 0. The number of hydrogen-bond donors (Lipinski definition) is 2. The van der Waals surface area contributed by atoms with Crippen molar-refractivity contribution < 1.29 is 19.1 Å². The van der Waals surface area contributed by atoms with Crippen LogP contribution in [-0.4, -0.2) is 84.0 Å². The van der Waals surface area contributed by atoms with Gasteiger partial charge in [-0.15, -0.1) is 0 Å². The molecular formula is C18H30N4O4S2. The van der Waals surface area contributed by atoms with E-state index in [0.29, 0.717) is 26.2 Å². The van der Waals surface area contributed by atoms with Crippen molar-refractivity contribution in [3.8, 4) is 0 Å². The van der Waals surface area contributed by atoms with E-state index in [1.165, 1.54) is 0 Å². The second-order valence-corrected chi connectivity index (χ2v) is 9.60. The van der Waals surface area contributed by atoms with Crippen LogP contribution in [0.25, 0.3) is 0 Å². The fraction of sp³-hybridized carbons (Fsp3) is 0.667. The summed E-state index contributed by atoms with van der Waals surface area (Å²) in [6, 6.07) is -0.0256. The Morgan fingerprint density at radius 3 is 1.61 bits per heavy atom. The number of rotatable bonds is 9. The summed E-state index contributed by atoms with van der Waals surface area (Å²) in [6.45, 7) is 9.53. The second-order valence-electron chi connectivity index (χ2n) is 6.72.